The Kier molecular flexibility index (Phi) is 3.04. The smallest absolute Gasteiger partial charge is 0.330 e. The molecule has 0 aromatic heterocycles. The van der Waals surface area contributed by atoms with E-state index in [4.69, 9.17) is 4.74 Å². The van der Waals surface area contributed by atoms with E-state index >= 15 is 0 Å². The summed E-state index contributed by atoms with van der Waals surface area (Å²) in [5.41, 5.74) is 0. The van der Waals surface area contributed by atoms with Crippen LogP contribution < -0.4 is 5.32 Å². The first-order valence-electron chi connectivity index (χ1n) is 5.64. The minimum Gasteiger partial charge on any atom is -0.467 e. The molecule has 0 aliphatic carbocycles. The molecule has 0 bridgehead atoms. The Hall–Kier alpha value is -1.24. The van der Waals surface area contributed by atoms with Crippen molar-refractivity contribution in [1.29, 1.82) is 0 Å². The highest BCUT2D eigenvalue weighted by atomic mass is 32.2. The van der Waals surface area contributed by atoms with Crippen LogP contribution >= 0.6 is 11.8 Å². The number of rotatable bonds is 2. The molecule has 0 spiro atoms. The Labute approximate surface area is 109 Å². The molecule has 3 atom stereocenters. The fourth-order valence-electron chi connectivity index (χ4n) is 2.46. The third-order valence-electron chi connectivity index (χ3n) is 3.22. The Morgan fingerprint density at radius 1 is 1.44 bits per heavy atom. The molecule has 0 saturated carbocycles. The summed E-state index contributed by atoms with van der Waals surface area (Å²) in [6.07, 6.45) is 0. The van der Waals surface area contributed by atoms with Crippen molar-refractivity contribution in [2.45, 2.75) is 43.0 Å². The second-order valence-electron chi connectivity index (χ2n) is 4.96. The molecule has 18 heavy (non-hydrogen) atoms. The number of thioether (sulfide) groups is 1. The van der Waals surface area contributed by atoms with Crippen molar-refractivity contribution in [2.24, 2.45) is 0 Å². The quantitative estimate of drug-likeness (QED) is 0.553. The van der Waals surface area contributed by atoms with Crippen molar-refractivity contribution in [3.63, 3.8) is 0 Å². The molecule has 2 aliphatic heterocycles. The van der Waals surface area contributed by atoms with Gasteiger partial charge in [0.2, 0.25) is 11.8 Å². The topological polar surface area (TPSA) is 75.7 Å². The molecule has 0 aromatic carbocycles. The average Bonchev–Trinajstić information content (AvgIpc) is 2.54. The molecule has 6 nitrogen and oxygen atoms in total. The van der Waals surface area contributed by atoms with E-state index < -0.39 is 22.8 Å². The standard InChI is InChI=1S/C11H16N2O4S/c1-5(14)12-6-8(15)13-7(10(16)17-4)11(2,3)18-9(6)13/h6-7,9H,1-4H3,(H,12,14). The fraction of sp³-hybridized carbons (Fsp3) is 0.727. The SMILES string of the molecule is COC(=O)C1N2C(=O)C(NC(C)=O)C2SC1(C)C. The fourth-order valence-corrected chi connectivity index (χ4v) is 4.08. The average molecular weight is 272 g/mol. The van der Waals surface area contributed by atoms with Crippen LogP contribution in [0.4, 0.5) is 0 Å². The van der Waals surface area contributed by atoms with E-state index in [2.05, 4.69) is 5.32 Å². The Morgan fingerprint density at radius 2 is 2.06 bits per heavy atom. The normalized spacial score (nSPS) is 32.6. The van der Waals surface area contributed by atoms with Gasteiger partial charge < -0.3 is 15.0 Å². The maximum absolute atomic E-state index is 12.0. The van der Waals surface area contributed by atoms with Crippen molar-refractivity contribution >= 4 is 29.5 Å². The van der Waals surface area contributed by atoms with Gasteiger partial charge in [-0.1, -0.05) is 0 Å². The van der Waals surface area contributed by atoms with Gasteiger partial charge in [-0.2, -0.15) is 0 Å². The van der Waals surface area contributed by atoms with Crippen LogP contribution in [0, 0.1) is 0 Å². The van der Waals surface area contributed by atoms with Gasteiger partial charge in [0.1, 0.15) is 17.5 Å². The van der Waals surface area contributed by atoms with Crippen molar-refractivity contribution < 1.29 is 19.1 Å². The maximum atomic E-state index is 12.0. The van der Waals surface area contributed by atoms with E-state index in [1.54, 1.807) is 0 Å². The number of fused-ring (bicyclic) bond motifs is 1. The lowest BCUT2D eigenvalue weighted by Crippen LogP contribution is -2.70. The highest BCUT2D eigenvalue weighted by molar-refractivity contribution is 8.01. The number of nitrogens with zero attached hydrogens (tertiary/aromatic N) is 1. The summed E-state index contributed by atoms with van der Waals surface area (Å²) < 4.78 is 4.34. The molecule has 7 heteroatoms. The Balaban J connectivity index is 2.21. The van der Waals surface area contributed by atoms with Crippen molar-refractivity contribution in [1.82, 2.24) is 10.2 Å². The van der Waals surface area contributed by atoms with Gasteiger partial charge >= 0.3 is 5.97 Å². The maximum Gasteiger partial charge on any atom is 0.330 e. The number of carbonyl (C=O) groups excluding carboxylic acids is 3. The summed E-state index contributed by atoms with van der Waals surface area (Å²) in [4.78, 5) is 36.3. The van der Waals surface area contributed by atoms with Crippen molar-refractivity contribution in [3.05, 3.63) is 0 Å². The van der Waals surface area contributed by atoms with Crippen LogP contribution in [0.3, 0.4) is 0 Å². The van der Waals surface area contributed by atoms with Gasteiger partial charge in [0.15, 0.2) is 0 Å². The molecule has 2 heterocycles. The number of amides is 2. The predicted molar refractivity (Wildman–Crippen MR) is 65.7 cm³/mol. The number of carbonyl (C=O) groups is 3. The molecule has 2 saturated heterocycles. The first kappa shape index (κ1) is 13.2. The van der Waals surface area contributed by atoms with E-state index in [1.165, 1.54) is 30.7 Å². The van der Waals surface area contributed by atoms with Crippen molar-refractivity contribution in [2.75, 3.05) is 7.11 Å². The summed E-state index contributed by atoms with van der Waals surface area (Å²) in [6, 6.07) is -1.11. The van der Waals surface area contributed by atoms with Crippen LogP contribution in [0.1, 0.15) is 20.8 Å². The summed E-state index contributed by atoms with van der Waals surface area (Å²) >= 11 is 1.51. The van der Waals surface area contributed by atoms with Crippen LogP contribution in [0.2, 0.25) is 0 Å². The molecule has 3 unspecified atom stereocenters. The second-order valence-corrected chi connectivity index (χ2v) is 6.73. The largest absolute Gasteiger partial charge is 0.467 e. The number of esters is 1. The van der Waals surface area contributed by atoms with Crippen LogP contribution in [-0.4, -0.2) is 52.0 Å². The van der Waals surface area contributed by atoms with Gasteiger partial charge in [-0.05, 0) is 13.8 Å². The number of hydrogen-bond acceptors (Lipinski definition) is 5. The number of methoxy groups -OCH3 is 1. The molecule has 2 fully saturated rings. The van der Waals surface area contributed by atoms with E-state index in [-0.39, 0.29) is 17.2 Å². The lowest BCUT2D eigenvalue weighted by Gasteiger charge is -2.43. The van der Waals surface area contributed by atoms with E-state index in [9.17, 15) is 14.4 Å². The summed E-state index contributed by atoms with van der Waals surface area (Å²) in [7, 11) is 1.31. The Bertz CT molecular complexity index is 423. The number of nitrogens with one attached hydrogen (secondary N) is 1. The van der Waals surface area contributed by atoms with Crippen LogP contribution in [0.5, 0.6) is 0 Å². The molecule has 1 N–H and O–H groups in total. The van der Waals surface area contributed by atoms with Crippen molar-refractivity contribution in [3.8, 4) is 0 Å². The highest BCUT2D eigenvalue weighted by Gasteiger charge is 2.64. The monoisotopic (exact) mass is 272 g/mol. The summed E-state index contributed by atoms with van der Waals surface area (Å²) in [5, 5.41) is 2.43. The molecule has 0 aromatic rings. The van der Waals surface area contributed by atoms with E-state index in [0.717, 1.165) is 0 Å². The zero-order valence-corrected chi connectivity index (χ0v) is 11.5. The van der Waals surface area contributed by atoms with E-state index in [1.807, 2.05) is 13.8 Å². The zero-order chi connectivity index (χ0) is 13.7. The number of hydrogen-bond donors (Lipinski definition) is 1. The highest BCUT2D eigenvalue weighted by Crippen LogP contribution is 2.50. The first-order valence-corrected chi connectivity index (χ1v) is 6.52. The lowest BCUT2D eigenvalue weighted by molar-refractivity contribution is -0.162. The molecule has 100 valence electrons. The molecule has 2 amide bonds. The predicted octanol–water partition coefficient (Wildman–Crippen LogP) is -0.274. The minimum atomic E-state index is -0.588. The summed E-state index contributed by atoms with van der Waals surface area (Å²) in [5.74, 6) is -0.874. The van der Waals surface area contributed by atoms with Gasteiger partial charge in [-0.15, -0.1) is 11.8 Å². The van der Waals surface area contributed by atoms with Gasteiger partial charge in [-0.3, -0.25) is 9.59 Å². The van der Waals surface area contributed by atoms with Crippen LogP contribution in [0.25, 0.3) is 0 Å². The summed E-state index contributed by atoms with van der Waals surface area (Å²) in [6.45, 7) is 5.17. The second kappa shape index (κ2) is 4.15. The molecule has 2 aliphatic rings. The first-order chi connectivity index (χ1) is 8.29. The van der Waals surface area contributed by atoms with Gasteiger partial charge in [0.25, 0.3) is 0 Å². The van der Waals surface area contributed by atoms with E-state index in [0.29, 0.717) is 0 Å². The zero-order valence-electron chi connectivity index (χ0n) is 10.7. The Morgan fingerprint density at radius 3 is 2.56 bits per heavy atom. The minimum absolute atomic E-state index is 0.180. The number of β-lactam (4-membered cyclic amide) rings is 1. The van der Waals surface area contributed by atoms with Gasteiger partial charge in [0.05, 0.1) is 7.11 Å². The van der Waals surface area contributed by atoms with Crippen LogP contribution in [0.15, 0.2) is 0 Å². The van der Waals surface area contributed by atoms with Gasteiger partial charge in [-0.25, -0.2) is 4.79 Å². The third-order valence-corrected chi connectivity index (χ3v) is 4.80. The molecular weight excluding hydrogens is 256 g/mol. The van der Waals surface area contributed by atoms with Crippen LogP contribution in [-0.2, 0) is 19.1 Å². The number of ether oxygens (including phenoxy) is 1. The van der Waals surface area contributed by atoms with Gasteiger partial charge in [0, 0.05) is 11.7 Å². The molecule has 2 rings (SSSR count). The third kappa shape index (κ3) is 1.77. The lowest BCUT2D eigenvalue weighted by atomic mass is 9.96. The molecular formula is C11H16N2O4S. The molecule has 0 radical (unpaired) electrons.